The second-order valence-electron chi connectivity index (χ2n) is 3.10. The molecule has 0 spiro atoms. The van der Waals surface area contributed by atoms with Crippen molar-refractivity contribution >= 4 is 6.08 Å². The molecule has 1 aromatic carbocycles. The summed E-state index contributed by atoms with van der Waals surface area (Å²) < 4.78 is 18.1. The number of likely N-dealkylation sites (N-methyl/N-ethyl adjacent to an activating group) is 1. The van der Waals surface area contributed by atoms with E-state index in [0.29, 0.717) is 0 Å². The topological polar surface area (TPSA) is 21.3 Å². The van der Waals surface area contributed by atoms with Crippen LogP contribution in [0.1, 0.15) is 12.5 Å². The summed E-state index contributed by atoms with van der Waals surface area (Å²) in [7, 11) is 1.46. The average molecular weight is 209 g/mol. The van der Waals surface area contributed by atoms with E-state index in [9.17, 15) is 4.39 Å². The van der Waals surface area contributed by atoms with Crippen molar-refractivity contribution in [3.05, 3.63) is 35.7 Å². The SMILES string of the molecule is CCNCC=Cc1ccc(OC)c(F)c1. The third kappa shape index (κ3) is 3.72. The van der Waals surface area contributed by atoms with E-state index in [1.807, 2.05) is 25.1 Å². The fraction of sp³-hybridized carbons (Fsp3) is 0.333. The summed E-state index contributed by atoms with van der Waals surface area (Å²) in [6, 6.07) is 4.91. The van der Waals surface area contributed by atoms with Crippen LogP contribution in [0.25, 0.3) is 6.08 Å². The molecule has 0 atom stereocenters. The van der Waals surface area contributed by atoms with Crippen LogP contribution < -0.4 is 10.1 Å². The van der Waals surface area contributed by atoms with Crippen LogP contribution in [0.15, 0.2) is 24.3 Å². The minimum atomic E-state index is -0.330. The minimum absolute atomic E-state index is 0.277. The molecule has 0 amide bonds. The number of rotatable bonds is 5. The van der Waals surface area contributed by atoms with Gasteiger partial charge in [-0.05, 0) is 24.2 Å². The first-order valence-electron chi connectivity index (χ1n) is 4.98. The smallest absolute Gasteiger partial charge is 0.165 e. The highest BCUT2D eigenvalue weighted by atomic mass is 19.1. The van der Waals surface area contributed by atoms with E-state index in [1.165, 1.54) is 13.2 Å². The summed E-state index contributed by atoms with van der Waals surface area (Å²) in [5.41, 5.74) is 0.839. The van der Waals surface area contributed by atoms with E-state index in [1.54, 1.807) is 6.07 Å². The van der Waals surface area contributed by atoms with Crippen LogP contribution in [0.4, 0.5) is 4.39 Å². The van der Waals surface area contributed by atoms with Crippen molar-refractivity contribution < 1.29 is 9.13 Å². The molecule has 0 heterocycles. The van der Waals surface area contributed by atoms with Crippen molar-refractivity contribution in [1.82, 2.24) is 5.32 Å². The maximum atomic E-state index is 13.3. The van der Waals surface area contributed by atoms with Crippen LogP contribution in [0.3, 0.4) is 0 Å². The molecule has 0 saturated carbocycles. The molecule has 2 nitrogen and oxygen atoms in total. The molecule has 82 valence electrons. The molecule has 0 aliphatic heterocycles. The number of ether oxygens (including phenoxy) is 1. The molecule has 0 fully saturated rings. The van der Waals surface area contributed by atoms with Gasteiger partial charge in [-0.3, -0.25) is 0 Å². The Balaban J connectivity index is 2.63. The van der Waals surface area contributed by atoms with Gasteiger partial charge in [-0.15, -0.1) is 0 Å². The number of benzene rings is 1. The molecule has 1 N–H and O–H groups in total. The summed E-state index contributed by atoms with van der Waals surface area (Å²) in [6.07, 6.45) is 3.84. The van der Waals surface area contributed by atoms with Crippen molar-refractivity contribution in [3.8, 4) is 5.75 Å². The number of methoxy groups -OCH3 is 1. The number of nitrogens with one attached hydrogen (secondary N) is 1. The van der Waals surface area contributed by atoms with Crippen LogP contribution >= 0.6 is 0 Å². The Morgan fingerprint density at radius 1 is 1.47 bits per heavy atom. The van der Waals surface area contributed by atoms with Crippen LogP contribution in [0.5, 0.6) is 5.75 Å². The van der Waals surface area contributed by atoms with Crippen LogP contribution in [-0.2, 0) is 0 Å². The Morgan fingerprint density at radius 2 is 2.27 bits per heavy atom. The Labute approximate surface area is 89.8 Å². The molecule has 0 aromatic heterocycles. The van der Waals surface area contributed by atoms with Crippen molar-refractivity contribution in [2.45, 2.75) is 6.92 Å². The minimum Gasteiger partial charge on any atom is -0.494 e. The fourth-order valence-corrected chi connectivity index (χ4v) is 1.21. The lowest BCUT2D eigenvalue weighted by atomic mass is 10.2. The van der Waals surface area contributed by atoms with E-state index >= 15 is 0 Å². The number of hydrogen-bond donors (Lipinski definition) is 1. The van der Waals surface area contributed by atoms with Gasteiger partial charge >= 0.3 is 0 Å². The summed E-state index contributed by atoms with van der Waals surface area (Å²) in [6.45, 7) is 3.77. The predicted molar refractivity (Wildman–Crippen MR) is 60.5 cm³/mol. The number of hydrogen-bond acceptors (Lipinski definition) is 2. The largest absolute Gasteiger partial charge is 0.494 e. The molecular weight excluding hydrogens is 193 g/mol. The van der Waals surface area contributed by atoms with Gasteiger partial charge in [-0.25, -0.2) is 4.39 Å². The van der Waals surface area contributed by atoms with Crippen molar-refractivity contribution in [2.24, 2.45) is 0 Å². The van der Waals surface area contributed by atoms with E-state index in [4.69, 9.17) is 4.74 Å². The van der Waals surface area contributed by atoms with Gasteiger partial charge in [-0.1, -0.05) is 25.1 Å². The molecule has 0 aliphatic rings. The molecule has 0 saturated heterocycles. The zero-order valence-corrected chi connectivity index (χ0v) is 9.09. The van der Waals surface area contributed by atoms with Gasteiger partial charge in [-0.2, -0.15) is 0 Å². The standard InChI is InChI=1S/C12H16FNO/c1-3-14-8-4-5-10-6-7-12(15-2)11(13)9-10/h4-7,9,14H,3,8H2,1-2H3. The lowest BCUT2D eigenvalue weighted by Crippen LogP contribution is -2.11. The molecule has 0 aliphatic carbocycles. The molecule has 3 heteroatoms. The van der Waals surface area contributed by atoms with Gasteiger partial charge in [0.1, 0.15) is 0 Å². The maximum Gasteiger partial charge on any atom is 0.165 e. The summed E-state index contributed by atoms with van der Waals surface area (Å²) >= 11 is 0. The summed E-state index contributed by atoms with van der Waals surface area (Å²) in [5, 5.41) is 3.15. The predicted octanol–water partition coefficient (Wildman–Crippen LogP) is 2.46. The van der Waals surface area contributed by atoms with Gasteiger partial charge in [0.15, 0.2) is 11.6 Å². The average Bonchev–Trinajstić information content (AvgIpc) is 2.25. The Kier molecular flexibility index (Phi) is 4.84. The van der Waals surface area contributed by atoms with Gasteiger partial charge < -0.3 is 10.1 Å². The Hall–Kier alpha value is -1.35. The molecule has 15 heavy (non-hydrogen) atoms. The number of halogens is 1. The first kappa shape index (κ1) is 11.7. The second kappa shape index (κ2) is 6.19. The van der Waals surface area contributed by atoms with Crippen molar-refractivity contribution in [2.75, 3.05) is 20.2 Å². The van der Waals surface area contributed by atoms with E-state index in [-0.39, 0.29) is 11.6 Å². The third-order valence-electron chi connectivity index (χ3n) is 2.00. The Morgan fingerprint density at radius 3 is 2.87 bits per heavy atom. The molecular formula is C12H16FNO. The normalized spacial score (nSPS) is 10.9. The van der Waals surface area contributed by atoms with Gasteiger partial charge in [0.25, 0.3) is 0 Å². The molecule has 0 bridgehead atoms. The van der Waals surface area contributed by atoms with Gasteiger partial charge in [0.05, 0.1) is 7.11 Å². The lowest BCUT2D eigenvalue weighted by molar-refractivity contribution is 0.386. The third-order valence-corrected chi connectivity index (χ3v) is 2.00. The molecule has 1 rings (SSSR count). The van der Waals surface area contributed by atoms with Crippen LogP contribution in [0.2, 0.25) is 0 Å². The fourth-order valence-electron chi connectivity index (χ4n) is 1.21. The van der Waals surface area contributed by atoms with Crippen molar-refractivity contribution in [1.29, 1.82) is 0 Å². The first-order valence-corrected chi connectivity index (χ1v) is 4.98. The summed E-state index contributed by atoms with van der Waals surface area (Å²) in [4.78, 5) is 0. The quantitative estimate of drug-likeness (QED) is 0.752. The lowest BCUT2D eigenvalue weighted by Gasteiger charge is -2.01. The molecule has 0 radical (unpaired) electrons. The van der Waals surface area contributed by atoms with Gasteiger partial charge in [0, 0.05) is 6.54 Å². The molecule has 1 aromatic rings. The summed E-state index contributed by atoms with van der Waals surface area (Å²) in [5.74, 6) is -0.0538. The zero-order valence-electron chi connectivity index (χ0n) is 9.09. The van der Waals surface area contributed by atoms with Crippen LogP contribution in [-0.4, -0.2) is 20.2 Å². The second-order valence-corrected chi connectivity index (χ2v) is 3.10. The monoisotopic (exact) mass is 209 g/mol. The van der Waals surface area contributed by atoms with Crippen molar-refractivity contribution in [3.63, 3.8) is 0 Å². The highest BCUT2D eigenvalue weighted by Gasteiger charge is 2.00. The molecule has 0 unspecified atom stereocenters. The van der Waals surface area contributed by atoms with E-state index < -0.39 is 0 Å². The van der Waals surface area contributed by atoms with E-state index in [0.717, 1.165) is 18.7 Å². The highest BCUT2D eigenvalue weighted by Crippen LogP contribution is 2.18. The zero-order chi connectivity index (χ0) is 11.1. The van der Waals surface area contributed by atoms with Crippen LogP contribution in [0, 0.1) is 5.82 Å². The highest BCUT2D eigenvalue weighted by molar-refractivity contribution is 5.51. The Bertz CT molecular complexity index is 336. The first-order chi connectivity index (χ1) is 7.27. The maximum absolute atomic E-state index is 13.3. The van der Waals surface area contributed by atoms with Gasteiger partial charge in [0.2, 0.25) is 0 Å². The van der Waals surface area contributed by atoms with E-state index in [2.05, 4.69) is 5.32 Å².